The van der Waals surface area contributed by atoms with E-state index >= 15 is 0 Å². The number of hydrogen-bond acceptors (Lipinski definition) is 3. The van der Waals surface area contributed by atoms with Crippen LogP contribution < -0.4 is 5.32 Å². The SMILES string of the molecule is CCCC1NCC(=O)N1C1CCCC1SCC. The van der Waals surface area contributed by atoms with E-state index in [1.807, 2.05) is 11.8 Å². The Kier molecular flexibility index (Phi) is 4.74. The van der Waals surface area contributed by atoms with Gasteiger partial charge in [0, 0.05) is 11.3 Å². The first-order valence-electron chi connectivity index (χ1n) is 6.94. The zero-order valence-electron chi connectivity index (χ0n) is 10.9. The third-order valence-corrected chi connectivity index (χ3v) is 5.14. The van der Waals surface area contributed by atoms with Gasteiger partial charge in [-0.25, -0.2) is 0 Å². The summed E-state index contributed by atoms with van der Waals surface area (Å²) < 4.78 is 0. The number of rotatable bonds is 5. The van der Waals surface area contributed by atoms with Crippen molar-refractivity contribution in [3.05, 3.63) is 0 Å². The van der Waals surface area contributed by atoms with Gasteiger partial charge in [0.05, 0.1) is 12.7 Å². The van der Waals surface area contributed by atoms with Gasteiger partial charge in [0.2, 0.25) is 5.91 Å². The maximum absolute atomic E-state index is 12.1. The van der Waals surface area contributed by atoms with E-state index in [1.54, 1.807) is 0 Å². The minimum Gasteiger partial charge on any atom is -0.322 e. The highest BCUT2D eigenvalue weighted by molar-refractivity contribution is 7.99. The van der Waals surface area contributed by atoms with Gasteiger partial charge in [0.1, 0.15) is 0 Å². The van der Waals surface area contributed by atoms with Crippen molar-refractivity contribution in [2.24, 2.45) is 0 Å². The highest BCUT2D eigenvalue weighted by Gasteiger charge is 2.40. The first-order valence-corrected chi connectivity index (χ1v) is 7.99. The molecule has 1 heterocycles. The molecule has 0 radical (unpaired) electrons. The van der Waals surface area contributed by atoms with Crippen LogP contribution in [0.5, 0.6) is 0 Å². The van der Waals surface area contributed by atoms with Crippen molar-refractivity contribution >= 4 is 17.7 Å². The summed E-state index contributed by atoms with van der Waals surface area (Å²) in [5, 5.41) is 4.03. The van der Waals surface area contributed by atoms with Gasteiger partial charge in [-0.15, -0.1) is 0 Å². The summed E-state index contributed by atoms with van der Waals surface area (Å²) in [6.45, 7) is 4.95. The number of amides is 1. The molecule has 1 saturated heterocycles. The van der Waals surface area contributed by atoms with Crippen molar-refractivity contribution in [3.8, 4) is 0 Å². The van der Waals surface area contributed by atoms with Gasteiger partial charge >= 0.3 is 0 Å². The second-order valence-corrected chi connectivity index (χ2v) is 6.49. The lowest BCUT2D eigenvalue weighted by atomic mass is 10.1. The number of carbonyl (C=O) groups excluding carboxylic acids is 1. The lowest BCUT2D eigenvalue weighted by Gasteiger charge is -2.33. The van der Waals surface area contributed by atoms with Crippen LogP contribution in [0.15, 0.2) is 0 Å². The van der Waals surface area contributed by atoms with E-state index in [0.29, 0.717) is 29.9 Å². The van der Waals surface area contributed by atoms with Crippen molar-refractivity contribution in [2.75, 3.05) is 12.3 Å². The van der Waals surface area contributed by atoms with E-state index in [-0.39, 0.29) is 0 Å². The topological polar surface area (TPSA) is 32.3 Å². The Morgan fingerprint density at radius 2 is 2.24 bits per heavy atom. The Morgan fingerprint density at radius 1 is 1.41 bits per heavy atom. The molecule has 0 aromatic carbocycles. The van der Waals surface area contributed by atoms with Crippen molar-refractivity contribution in [1.82, 2.24) is 10.2 Å². The lowest BCUT2D eigenvalue weighted by Crippen LogP contribution is -2.47. The van der Waals surface area contributed by atoms with Crippen LogP contribution in [-0.2, 0) is 4.79 Å². The quantitative estimate of drug-likeness (QED) is 0.818. The van der Waals surface area contributed by atoms with E-state index in [0.717, 1.165) is 18.6 Å². The predicted octanol–water partition coefficient (Wildman–Crippen LogP) is 2.22. The molecule has 0 aromatic heterocycles. The molecule has 0 bridgehead atoms. The molecular formula is C13H24N2OS. The second-order valence-electron chi connectivity index (χ2n) is 4.98. The van der Waals surface area contributed by atoms with Gasteiger partial charge < -0.3 is 4.90 Å². The van der Waals surface area contributed by atoms with E-state index in [9.17, 15) is 4.79 Å². The molecule has 3 nitrogen and oxygen atoms in total. The van der Waals surface area contributed by atoms with Crippen LogP contribution in [0.4, 0.5) is 0 Å². The van der Waals surface area contributed by atoms with Gasteiger partial charge in [0.15, 0.2) is 0 Å². The monoisotopic (exact) mass is 256 g/mol. The number of nitrogens with one attached hydrogen (secondary N) is 1. The van der Waals surface area contributed by atoms with Gasteiger partial charge in [-0.05, 0) is 25.0 Å². The summed E-state index contributed by atoms with van der Waals surface area (Å²) in [6, 6.07) is 0.485. The van der Waals surface area contributed by atoms with Crippen LogP contribution in [-0.4, -0.2) is 40.6 Å². The van der Waals surface area contributed by atoms with Gasteiger partial charge in [-0.3, -0.25) is 10.1 Å². The number of thioether (sulfide) groups is 1. The van der Waals surface area contributed by atoms with Crippen molar-refractivity contribution in [1.29, 1.82) is 0 Å². The molecule has 4 heteroatoms. The standard InChI is InChI=1S/C13H24N2OS/c1-3-6-12-14-9-13(16)15(12)10-7-5-8-11(10)17-4-2/h10-12,14H,3-9H2,1-2H3. The molecule has 2 rings (SSSR count). The van der Waals surface area contributed by atoms with Crippen LogP contribution in [0.1, 0.15) is 46.0 Å². The van der Waals surface area contributed by atoms with Crippen molar-refractivity contribution in [2.45, 2.75) is 63.4 Å². The molecule has 3 atom stereocenters. The highest BCUT2D eigenvalue weighted by Crippen LogP contribution is 2.35. The summed E-state index contributed by atoms with van der Waals surface area (Å²) in [6.07, 6.45) is 6.30. The molecule has 1 aliphatic heterocycles. The predicted molar refractivity (Wildman–Crippen MR) is 73.1 cm³/mol. The summed E-state index contributed by atoms with van der Waals surface area (Å²) in [5.74, 6) is 1.48. The van der Waals surface area contributed by atoms with Crippen LogP contribution in [0, 0.1) is 0 Å². The first-order chi connectivity index (χ1) is 8.27. The van der Waals surface area contributed by atoms with Crippen LogP contribution in [0.3, 0.4) is 0 Å². The molecule has 0 aromatic rings. The number of carbonyl (C=O) groups is 1. The molecule has 3 unspecified atom stereocenters. The van der Waals surface area contributed by atoms with Gasteiger partial charge in [-0.2, -0.15) is 11.8 Å². The third-order valence-electron chi connectivity index (χ3n) is 3.83. The van der Waals surface area contributed by atoms with E-state index in [4.69, 9.17) is 0 Å². The van der Waals surface area contributed by atoms with Gasteiger partial charge in [0.25, 0.3) is 0 Å². The molecule has 2 fully saturated rings. The minimum absolute atomic E-state index is 0.301. The molecule has 1 saturated carbocycles. The molecular weight excluding hydrogens is 232 g/mol. The molecule has 1 N–H and O–H groups in total. The maximum Gasteiger partial charge on any atom is 0.238 e. The first kappa shape index (κ1) is 13.2. The van der Waals surface area contributed by atoms with E-state index in [2.05, 4.69) is 24.1 Å². The lowest BCUT2D eigenvalue weighted by molar-refractivity contribution is -0.130. The molecule has 0 spiro atoms. The third kappa shape index (κ3) is 2.79. The van der Waals surface area contributed by atoms with E-state index < -0.39 is 0 Å². The Labute approximate surface area is 109 Å². The van der Waals surface area contributed by atoms with Crippen LogP contribution in [0.2, 0.25) is 0 Å². The smallest absolute Gasteiger partial charge is 0.238 e. The summed E-state index contributed by atoms with van der Waals surface area (Å²) in [7, 11) is 0. The zero-order chi connectivity index (χ0) is 12.3. The molecule has 1 amide bonds. The second kappa shape index (κ2) is 6.10. The van der Waals surface area contributed by atoms with Crippen molar-refractivity contribution in [3.63, 3.8) is 0 Å². The fourth-order valence-corrected chi connectivity index (χ4v) is 4.38. The summed E-state index contributed by atoms with van der Waals surface area (Å²) >= 11 is 2.03. The maximum atomic E-state index is 12.1. The summed E-state index contributed by atoms with van der Waals surface area (Å²) in [4.78, 5) is 14.2. The van der Waals surface area contributed by atoms with Crippen LogP contribution >= 0.6 is 11.8 Å². The average Bonchev–Trinajstić information content (AvgIpc) is 2.87. The van der Waals surface area contributed by atoms with E-state index in [1.165, 1.54) is 19.3 Å². The Hall–Kier alpha value is -0.220. The summed E-state index contributed by atoms with van der Waals surface area (Å²) in [5.41, 5.74) is 0. The number of nitrogens with zero attached hydrogens (tertiary/aromatic N) is 1. The Bertz CT molecular complexity index is 272. The fourth-order valence-electron chi connectivity index (χ4n) is 3.13. The van der Waals surface area contributed by atoms with Crippen molar-refractivity contribution < 1.29 is 4.79 Å². The molecule has 17 heavy (non-hydrogen) atoms. The molecule has 98 valence electrons. The normalized spacial score (nSPS) is 33.6. The highest BCUT2D eigenvalue weighted by atomic mass is 32.2. The Morgan fingerprint density at radius 3 is 2.94 bits per heavy atom. The largest absolute Gasteiger partial charge is 0.322 e. The molecule has 2 aliphatic rings. The molecule has 1 aliphatic carbocycles. The number of hydrogen-bond donors (Lipinski definition) is 1. The fraction of sp³-hybridized carbons (Fsp3) is 0.923. The Balaban J connectivity index is 2.04. The minimum atomic E-state index is 0.301. The zero-order valence-corrected chi connectivity index (χ0v) is 11.8. The average molecular weight is 256 g/mol. The van der Waals surface area contributed by atoms with Gasteiger partial charge in [-0.1, -0.05) is 26.7 Å². The van der Waals surface area contributed by atoms with Crippen LogP contribution in [0.25, 0.3) is 0 Å².